The SMILES string of the molecule is Oc1ccccc1.Oc1ccccc1.[CH]1[CH][CH][CH][CH]1.[Zr+2].c1cn([B-](n2ccnc2)n2ccnc2)cn1. The Morgan fingerprint density at radius 1 is 0.500 bits per heavy atom. The number of rotatable bonds is 3. The van der Waals surface area contributed by atoms with Gasteiger partial charge in [-0.3, -0.25) is 0 Å². The van der Waals surface area contributed by atoms with Crippen LogP contribution < -0.4 is 0 Å². The van der Waals surface area contributed by atoms with Gasteiger partial charge in [-0.05, 0) is 75.0 Å². The second-order valence-corrected chi connectivity index (χ2v) is 7.01. The Morgan fingerprint density at radius 3 is 1.00 bits per heavy atom. The van der Waals surface area contributed by atoms with Crippen LogP contribution in [0.15, 0.2) is 117 Å². The van der Waals surface area contributed by atoms with Gasteiger partial charge in [0.15, 0.2) is 0 Å². The second-order valence-electron chi connectivity index (χ2n) is 7.01. The number of para-hydroxylation sites is 2. The molecule has 2 N–H and O–H groups in total. The Labute approximate surface area is 231 Å². The van der Waals surface area contributed by atoms with Crippen molar-refractivity contribution in [3.05, 3.63) is 149 Å². The number of nitrogens with zero attached hydrogens (tertiary/aromatic N) is 6. The van der Waals surface area contributed by atoms with Crippen molar-refractivity contribution in [1.29, 1.82) is 0 Å². The zero-order valence-corrected chi connectivity index (χ0v) is 22.0. The topological polar surface area (TPSA) is 93.9 Å². The van der Waals surface area contributed by atoms with Gasteiger partial charge in [0.05, 0.1) is 19.0 Å². The summed E-state index contributed by atoms with van der Waals surface area (Å²) in [5, 5.41) is 17.3. The summed E-state index contributed by atoms with van der Waals surface area (Å²) in [4.78, 5) is 12.2. The molecular formula is C26H26BN6O2Zr+. The minimum absolute atomic E-state index is 0. The largest absolute Gasteiger partial charge is 2.00 e. The van der Waals surface area contributed by atoms with E-state index in [1.165, 1.54) is 0 Å². The Bertz CT molecular complexity index is 1010. The van der Waals surface area contributed by atoms with E-state index in [1.54, 1.807) is 86.1 Å². The van der Waals surface area contributed by atoms with Gasteiger partial charge in [0.25, 0.3) is 0 Å². The maximum atomic E-state index is 8.63. The first-order valence-corrected chi connectivity index (χ1v) is 10.8. The van der Waals surface area contributed by atoms with Crippen LogP contribution in [0.4, 0.5) is 0 Å². The summed E-state index contributed by atoms with van der Waals surface area (Å²) in [5.41, 5.74) is 0. The summed E-state index contributed by atoms with van der Waals surface area (Å²) in [6, 6.07) is 17.4. The van der Waals surface area contributed by atoms with Gasteiger partial charge >= 0.3 is 26.2 Å². The zero-order valence-electron chi connectivity index (χ0n) is 19.5. The van der Waals surface area contributed by atoms with E-state index >= 15 is 0 Å². The Balaban J connectivity index is 0.000000190. The van der Waals surface area contributed by atoms with E-state index < -0.39 is 0 Å². The molecule has 5 aromatic rings. The first-order chi connectivity index (χ1) is 17.2. The van der Waals surface area contributed by atoms with E-state index in [-0.39, 0.29) is 33.3 Å². The molecule has 0 unspecified atom stereocenters. The van der Waals surface area contributed by atoms with Crippen LogP contribution in [0, 0.1) is 32.1 Å². The fourth-order valence-electron chi connectivity index (χ4n) is 2.86. The van der Waals surface area contributed by atoms with Gasteiger partial charge in [-0.2, -0.15) is 0 Å². The van der Waals surface area contributed by atoms with Crippen molar-refractivity contribution in [2.45, 2.75) is 0 Å². The summed E-state index contributed by atoms with van der Waals surface area (Å²) in [6.07, 6.45) is 26.3. The number of hydrogen-bond acceptors (Lipinski definition) is 5. The van der Waals surface area contributed by atoms with Gasteiger partial charge in [-0.1, -0.05) is 36.4 Å². The molecule has 0 aliphatic heterocycles. The van der Waals surface area contributed by atoms with Crippen LogP contribution in [0.5, 0.6) is 11.5 Å². The Hall–Kier alpha value is -3.38. The number of phenols is 2. The van der Waals surface area contributed by atoms with Crippen LogP contribution in [-0.4, -0.2) is 45.7 Å². The molecule has 36 heavy (non-hydrogen) atoms. The molecular weight excluding hydrogens is 530 g/mol. The van der Waals surface area contributed by atoms with Crippen molar-refractivity contribution < 1.29 is 36.4 Å². The molecule has 2 aromatic carbocycles. The van der Waals surface area contributed by atoms with E-state index in [1.807, 2.05) is 76.3 Å². The standard InChI is InChI=1S/C9H9BN6.2C6H6O.C5H5.Zr/c1-4-14(7-11-1)10(15-5-2-12-8-15)16-6-3-13-9-16;2*7-6-4-2-1-3-5-6;1-2-4-5-3-1;/h1-9H;2*1-5,7H;1-5H;/q-1;;;;+2. The molecule has 1 aliphatic rings. The van der Waals surface area contributed by atoms with Crippen LogP contribution in [-0.2, 0) is 26.2 Å². The zero-order chi connectivity index (χ0) is 24.6. The van der Waals surface area contributed by atoms with Crippen molar-refractivity contribution in [2.24, 2.45) is 0 Å². The van der Waals surface area contributed by atoms with Gasteiger partial charge in [-0.25, -0.2) is 15.0 Å². The number of aromatic hydroxyl groups is 2. The van der Waals surface area contributed by atoms with Crippen molar-refractivity contribution in [1.82, 2.24) is 28.4 Å². The first-order valence-electron chi connectivity index (χ1n) is 10.8. The monoisotopic (exact) mass is 555 g/mol. The van der Waals surface area contributed by atoms with E-state index in [2.05, 4.69) is 15.0 Å². The molecule has 10 heteroatoms. The van der Waals surface area contributed by atoms with Crippen LogP contribution in [0.1, 0.15) is 0 Å². The van der Waals surface area contributed by atoms with Gasteiger partial charge in [0, 0.05) is 18.6 Å². The molecule has 3 heterocycles. The smallest absolute Gasteiger partial charge is 0.508 e. The van der Waals surface area contributed by atoms with Gasteiger partial charge < -0.3 is 23.6 Å². The third-order valence-electron chi connectivity index (χ3n) is 4.44. The molecule has 0 amide bonds. The number of phenolic OH excluding ortho intramolecular Hbond substituents is 2. The van der Waals surface area contributed by atoms with Gasteiger partial charge in [-0.15, -0.1) is 0 Å². The van der Waals surface area contributed by atoms with E-state index in [9.17, 15) is 0 Å². The molecule has 8 nitrogen and oxygen atoms in total. The summed E-state index contributed by atoms with van der Waals surface area (Å²) in [5.74, 6) is 0.644. The molecule has 0 bridgehead atoms. The second kappa shape index (κ2) is 17.1. The van der Waals surface area contributed by atoms with Crippen LogP contribution >= 0.6 is 0 Å². The third-order valence-corrected chi connectivity index (χ3v) is 4.44. The fraction of sp³-hybridized carbons (Fsp3) is 0. The maximum absolute atomic E-state index is 8.63. The average molecular weight is 557 g/mol. The number of hydrogen-bond donors (Lipinski definition) is 2. The number of imidazole rings is 3. The predicted molar refractivity (Wildman–Crippen MR) is 136 cm³/mol. The van der Waals surface area contributed by atoms with E-state index in [4.69, 9.17) is 10.2 Å². The van der Waals surface area contributed by atoms with Gasteiger partial charge in [0.2, 0.25) is 7.12 Å². The summed E-state index contributed by atoms with van der Waals surface area (Å²) < 4.78 is 5.93. The molecule has 0 spiro atoms. The molecule has 178 valence electrons. The number of benzene rings is 2. The van der Waals surface area contributed by atoms with E-state index in [0.717, 1.165) is 0 Å². The molecule has 0 saturated heterocycles. The first kappa shape index (κ1) is 28.9. The minimum Gasteiger partial charge on any atom is -0.508 e. The quantitative estimate of drug-likeness (QED) is 0.328. The van der Waals surface area contributed by atoms with Crippen LogP contribution in [0.25, 0.3) is 0 Å². The predicted octanol–water partition coefficient (Wildman–Crippen LogP) is 4.01. The summed E-state index contributed by atoms with van der Waals surface area (Å²) in [6.45, 7) is 0. The van der Waals surface area contributed by atoms with Crippen LogP contribution in [0.3, 0.4) is 0 Å². The summed E-state index contributed by atoms with van der Waals surface area (Å²) >= 11 is 0. The fourth-order valence-corrected chi connectivity index (χ4v) is 2.86. The van der Waals surface area contributed by atoms with Crippen LogP contribution in [0.2, 0.25) is 0 Å². The number of aromatic nitrogens is 6. The molecule has 1 aliphatic carbocycles. The minimum atomic E-state index is -0.0486. The average Bonchev–Trinajstić information content (AvgIpc) is 3.72. The van der Waals surface area contributed by atoms with Crippen molar-refractivity contribution >= 4 is 7.12 Å². The van der Waals surface area contributed by atoms with Crippen molar-refractivity contribution in [2.75, 3.05) is 0 Å². The summed E-state index contributed by atoms with van der Waals surface area (Å²) in [7, 11) is -0.0486. The molecule has 6 radical (unpaired) electrons. The van der Waals surface area contributed by atoms with Gasteiger partial charge in [0.1, 0.15) is 11.5 Å². The molecule has 1 fully saturated rings. The molecule has 1 saturated carbocycles. The Kier molecular flexibility index (Phi) is 13.7. The normalized spacial score (nSPS) is 11.6. The maximum Gasteiger partial charge on any atom is 2.00 e. The Morgan fingerprint density at radius 2 is 0.806 bits per heavy atom. The van der Waals surface area contributed by atoms with E-state index in [0.29, 0.717) is 11.5 Å². The molecule has 0 atom stereocenters. The molecule has 6 rings (SSSR count). The van der Waals surface area contributed by atoms with Crippen molar-refractivity contribution in [3.63, 3.8) is 0 Å². The third kappa shape index (κ3) is 10.5. The van der Waals surface area contributed by atoms with Crippen molar-refractivity contribution in [3.8, 4) is 11.5 Å². The molecule has 3 aromatic heterocycles.